The van der Waals surface area contributed by atoms with Crippen molar-refractivity contribution in [3.63, 3.8) is 0 Å². The molecule has 52 heavy (non-hydrogen) atoms. The molecule has 16 heteroatoms. The van der Waals surface area contributed by atoms with E-state index >= 15 is 0 Å². The number of phenols is 1. The van der Waals surface area contributed by atoms with Crippen molar-refractivity contribution in [1.82, 2.24) is 31.9 Å². The number of benzene rings is 2. The van der Waals surface area contributed by atoms with Gasteiger partial charge in [0.25, 0.3) is 0 Å². The van der Waals surface area contributed by atoms with Gasteiger partial charge in [0.15, 0.2) is 0 Å². The summed E-state index contributed by atoms with van der Waals surface area (Å²) in [6, 6.07) is 9.71. The number of hydrogen-bond donors (Lipinski definition) is 9. The molecule has 0 heterocycles. The molecule has 6 atom stereocenters. The fourth-order valence-corrected chi connectivity index (χ4v) is 5.12. The molecule has 2 aromatic rings. The first-order valence-electron chi connectivity index (χ1n) is 17.0. The fourth-order valence-electron chi connectivity index (χ4n) is 5.12. The molecule has 0 radical (unpaired) electrons. The molecule has 0 bridgehead atoms. The van der Waals surface area contributed by atoms with Gasteiger partial charge in [-0.1, -0.05) is 77.1 Å². The third-order valence-corrected chi connectivity index (χ3v) is 8.26. The number of carbonyl (C=O) groups excluding carboxylic acids is 7. The van der Waals surface area contributed by atoms with E-state index in [4.69, 9.17) is 11.5 Å². The Morgan fingerprint density at radius 1 is 0.615 bits per heavy atom. The van der Waals surface area contributed by atoms with Crippen LogP contribution in [0, 0.1) is 11.8 Å². The first-order valence-corrected chi connectivity index (χ1v) is 17.0. The Balaban J connectivity index is 2.11. The van der Waals surface area contributed by atoms with Gasteiger partial charge >= 0.3 is 0 Å². The van der Waals surface area contributed by atoms with Crippen LogP contribution >= 0.6 is 0 Å². The third-order valence-electron chi connectivity index (χ3n) is 8.26. The topological polar surface area (TPSA) is 264 Å². The lowest BCUT2D eigenvalue weighted by Gasteiger charge is -2.30. The summed E-state index contributed by atoms with van der Waals surface area (Å²) in [5.74, 6) is -6.03. The molecule has 2 aromatic carbocycles. The Morgan fingerprint density at radius 3 is 1.67 bits per heavy atom. The highest BCUT2D eigenvalue weighted by atomic mass is 16.3. The van der Waals surface area contributed by atoms with Gasteiger partial charge in [0.2, 0.25) is 41.4 Å². The van der Waals surface area contributed by atoms with Crippen LogP contribution in [0.4, 0.5) is 0 Å². The van der Waals surface area contributed by atoms with Gasteiger partial charge in [-0.15, -0.1) is 0 Å². The second-order valence-corrected chi connectivity index (χ2v) is 13.3. The maximum absolute atomic E-state index is 13.8. The van der Waals surface area contributed by atoms with Crippen LogP contribution < -0.4 is 43.4 Å². The zero-order valence-electron chi connectivity index (χ0n) is 30.4. The van der Waals surface area contributed by atoms with Crippen molar-refractivity contribution in [1.29, 1.82) is 0 Å². The molecular weight excluding hydrogens is 672 g/mol. The van der Waals surface area contributed by atoms with Gasteiger partial charge in [-0.05, 0) is 48.4 Å². The van der Waals surface area contributed by atoms with E-state index in [1.54, 1.807) is 77.1 Å². The number of hydrogen-bond acceptors (Lipinski definition) is 9. The molecular formula is C36H52N8O8. The molecule has 0 saturated carbocycles. The van der Waals surface area contributed by atoms with Crippen molar-refractivity contribution < 1.29 is 38.7 Å². The summed E-state index contributed by atoms with van der Waals surface area (Å²) in [5.41, 5.74) is 12.5. The summed E-state index contributed by atoms with van der Waals surface area (Å²) in [5, 5.41) is 24.8. The van der Waals surface area contributed by atoms with Gasteiger partial charge in [-0.2, -0.15) is 0 Å². The number of phenolic OH excluding ortho intramolecular Hbond substituents is 1. The molecule has 7 amide bonds. The number of aromatic hydroxyl groups is 1. The second kappa shape index (κ2) is 20.4. The second-order valence-electron chi connectivity index (χ2n) is 13.3. The largest absolute Gasteiger partial charge is 0.508 e. The van der Waals surface area contributed by atoms with Gasteiger partial charge in [-0.3, -0.25) is 33.6 Å². The fraction of sp³-hybridized carbons (Fsp3) is 0.472. The van der Waals surface area contributed by atoms with Crippen LogP contribution in [-0.4, -0.2) is 89.8 Å². The maximum atomic E-state index is 13.8. The minimum Gasteiger partial charge on any atom is -0.508 e. The molecule has 0 spiro atoms. The Labute approximate surface area is 303 Å². The standard InChI is InChI=1S/C36H52N8O8/c1-19(2)29(34(50)39-17-27(38)46)43-35(51)30(20(3)4)44-36(52)31(21(5)24-10-8-7-9-11-24)42-28(47)18-40-32(48)22(6)41-33(49)26(37)16-23-12-14-25(45)15-13-23/h7-15,19-22,26,29-31,45H,16-18,37H2,1-6H3,(H2,38,46)(H,39,50)(H,40,48)(H,41,49)(H,42,47)(H,43,51)(H,44,52)/t21-,22-,26+,29+,30+,31+/m1/s1. The Hall–Kier alpha value is -5.51. The Bertz CT molecular complexity index is 1550. The average Bonchev–Trinajstić information content (AvgIpc) is 3.10. The highest BCUT2D eigenvalue weighted by Crippen LogP contribution is 2.20. The summed E-state index contributed by atoms with van der Waals surface area (Å²) in [4.78, 5) is 89.7. The molecule has 0 saturated heterocycles. The SMILES string of the molecule is CC(C)[C@H](NC(=O)[C@@H](NC(=O)[C@@H](NC(=O)CNC(=O)[C@@H](C)NC(=O)[C@@H](N)Cc1ccc(O)cc1)[C@H](C)c1ccccc1)C(C)C)C(=O)NCC(N)=O. The van der Waals surface area contributed by atoms with E-state index in [1.165, 1.54) is 19.1 Å². The molecule has 0 aliphatic carbocycles. The van der Waals surface area contributed by atoms with E-state index in [9.17, 15) is 38.7 Å². The zero-order chi connectivity index (χ0) is 39.1. The molecule has 0 aliphatic heterocycles. The van der Waals surface area contributed by atoms with E-state index in [0.717, 1.165) is 0 Å². The first-order chi connectivity index (χ1) is 24.4. The lowest BCUT2D eigenvalue weighted by molar-refractivity contribution is -0.135. The molecule has 11 N–H and O–H groups in total. The van der Waals surface area contributed by atoms with Crippen LogP contribution in [0.25, 0.3) is 0 Å². The summed E-state index contributed by atoms with van der Waals surface area (Å²) in [6.07, 6.45) is 0.163. The Morgan fingerprint density at radius 2 is 1.13 bits per heavy atom. The van der Waals surface area contributed by atoms with Crippen molar-refractivity contribution in [2.45, 2.75) is 84.1 Å². The van der Waals surface area contributed by atoms with Crippen LogP contribution in [0.5, 0.6) is 5.75 Å². The summed E-state index contributed by atoms with van der Waals surface area (Å²) in [7, 11) is 0. The number of nitrogens with two attached hydrogens (primary N) is 2. The predicted molar refractivity (Wildman–Crippen MR) is 193 cm³/mol. The molecule has 16 nitrogen and oxygen atoms in total. The molecule has 284 valence electrons. The lowest BCUT2D eigenvalue weighted by Crippen LogP contribution is -2.60. The summed E-state index contributed by atoms with van der Waals surface area (Å²) < 4.78 is 0. The zero-order valence-corrected chi connectivity index (χ0v) is 30.4. The molecule has 0 unspecified atom stereocenters. The molecule has 2 rings (SSSR count). The molecule has 0 aliphatic rings. The van der Waals surface area contributed by atoms with Crippen molar-refractivity contribution in [3.05, 3.63) is 65.7 Å². The highest BCUT2D eigenvalue weighted by Gasteiger charge is 2.35. The van der Waals surface area contributed by atoms with E-state index in [-0.39, 0.29) is 18.1 Å². The van der Waals surface area contributed by atoms with Gasteiger partial charge in [0.05, 0.1) is 19.1 Å². The van der Waals surface area contributed by atoms with Crippen molar-refractivity contribution in [3.8, 4) is 5.75 Å². The monoisotopic (exact) mass is 724 g/mol. The van der Waals surface area contributed by atoms with E-state index in [2.05, 4.69) is 31.9 Å². The van der Waals surface area contributed by atoms with Crippen molar-refractivity contribution in [2.24, 2.45) is 23.3 Å². The normalized spacial score (nSPS) is 14.5. The minimum absolute atomic E-state index is 0.0720. The lowest BCUT2D eigenvalue weighted by atomic mass is 9.91. The molecule has 0 aromatic heterocycles. The van der Waals surface area contributed by atoms with Crippen LogP contribution in [0.3, 0.4) is 0 Å². The third kappa shape index (κ3) is 13.7. The number of carbonyl (C=O) groups is 7. The minimum atomic E-state index is -1.20. The Kier molecular flexibility index (Phi) is 16.7. The van der Waals surface area contributed by atoms with E-state index in [1.807, 2.05) is 0 Å². The highest BCUT2D eigenvalue weighted by molar-refractivity contribution is 5.96. The number of primary amides is 1. The number of amides is 7. The summed E-state index contributed by atoms with van der Waals surface area (Å²) >= 11 is 0. The maximum Gasteiger partial charge on any atom is 0.243 e. The van der Waals surface area contributed by atoms with Crippen molar-refractivity contribution in [2.75, 3.05) is 13.1 Å². The van der Waals surface area contributed by atoms with Gasteiger partial charge in [-0.25, -0.2) is 0 Å². The number of rotatable bonds is 19. The van der Waals surface area contributed by atoms with Crippen LogP contribution in [-0.2, 0) is 40.0 Å². The predicted octanol–water partition coefficient (Wildman–Crippen LogP) is -0.945. The van der Waals surface area contributed by atoms with Gasteiger partial charge in [0, 0.05) is 5.92 Å². The van der Waals surface area contributed by atoms with Crippen molar-refractivity contribution >= 4 is 41.4 Å². The first kappa shape index (κ1) is 42.7. The van der Waals surface area contributed by atoms with E-state index < -0.39 is 96.5 Å². The summed E-state index contributed by atoms with van der Waals surface area (Å²) in [6.45, 7) is 9.01. The van der Waals surface area contributed by atoms with Crippen LogP contribution in [0.1, 0.15) is 58.6 Å². The van der Waals surface area contributed by atoms with Gasteiger partial charge in [0.1, 0.15) is 29.9 Å². The van der Waals surface area contributed by atoms with Gasteiger partial charge < -0.3 is 48.5 Å². The van der Waals surface area contributed by atoms with Crippen LogP contribution in [0.15, 0.2) is 54.6 Å². The number of nitrogens with one attached hydrogen (secondary N) is 6. The smallest absolute Gasteiger partial charge is 0.243 e. The molecule has 0 fully saturated rings. The van der Waals surface area contributed by atoms with Crippen LogP contribution in [0.2, 0.25) is 0 Å². The quantitative estimate of drug-likeness (QED) is 0.0864. The van der Waals surface area contributed by atoms with E-state index in [0.29, 0.717) is 11.1 Å². The average molecular weight is 725 g/mol.